The minimum Gasteiger partial charge on any atom is -0.490 e. The molecule has 0 saturated heterocycles. The highest BCUT2D eigenvalue weighted by Gasteiger charge is 2.49. The third kappa shape index (κ3) is 6.46. The summed E-state index contributed by atoms with van der Waals surface area (Å²) in [6.45, 7) is 12.0. The maximum Gasteiger partial charge on any atom is 0.175 e. The van der Waals surface area contributed by atoms with E-state index in [0.717, 1.165) is 29.8 Å². The summed E-state index contributed by atoms with van der Waals surface area (Å²) < 4.78 is 32.2. The van der Waals surface area contributed by atoms with Gasteiger partial charge in [-0.1, -0.05) is 39.8 Å². The Balaban J connectivity index is 1.67. The molecule has 0 saturated carbocycles. The number of Topliss-reactive ketones (excluding diaryl/α,β-unsaturated/α-hetero) is 2. The summed E-state index contributed by atoms with van der Waals surface area (Å²) in [5.74, 6) is 0.297. The van der Waals surface area contributed by atoms with Crippen LogP contribution in [0.15, 0.2) is 63.4 Å². The molecule has 0 fully saturated rings. The van der Waals surface area contributed by atoms with Crippen molar-refractivity contribution in [3.05, 3.63) is 80.4 Å². The van der Waals surface area contributed by atoms with Gasteiger partial charge in [-0.25, -0.2) is 4.39 Å². The highest BCUT2D eigenvalue weighted by atomic mass is 79.9. The predicted octanol–water partition coefficient (Wildman–Crippen LogP) is 7.90. The van der Waals surface area contributed by atoms with Crippen LogP contribution in [0.2, 0.25) is 0 Å². The van der Waals surface area contributed by atoms with Gasteiger partial charge in [0, 0.05) is 55.0 Å². The Morgan fingerprint density at radius 3 is 2.12 bits per heavy atom. The van der Waals surface area contributed by atoms with Gasteiger partial charge in [0.15, 0.2) is 23.1 Å². The van der Waals surface area contributed by atoms with E-state index in [-0.39, 0.29) is 34.8 Å². The van der Waals surface area contributed by atoms with Gasteiger partial charge >= 0.3 is 0 Å². The first kappa shape index (κ1) is 31.5. The molecule has 0 amide bonds. The highest BCUT2D eigenvalue weighted by Crippen LogP contribution is 2.55. The van der Waals surface area contributed by atoms with E-state index < -0.39 is 5.92 Å². The maximum absolute atomic E-state index is 14.1. The summed E-state index contributed by atoms with van der Waals surface area (Å²) in [6.07, 6.45) is 2.29. The number of rotatable bonds is 9. The average Bonchev–Trinajstić information content (AvgIpc) is 2.90. The minimum atomic E-state index is -0.510. The lowest BCUT2D eigenvalue weighted by atomic mass is 9.63. The van der Waals surface area contributed by atoms with Crippen LogP contribution < -0.4 is 9.47 Å². The molecule has 0 bridgehead atoms. The fourth-order valence-electron chi connectivity index (χ4n) is 6.77. The molecular weight excluding hydrogens is 613 g/mol. The van der Waals surface area contributed by atoms with Gasteiger partial charge in [-0.05, 0) is 81.9 Å². The third-order valence-corrected chi connectivity index (χ3v) is 9.07. The molecule has 6 nitrogen and oxygen atoms in total. The zero-order chi connectivity index (χ0) is 31.1. The second kappa shape index (κ2) is 12.2. The third-order valence-electron chi connectivity index (χ3n) is 8.48. The van der Waals surface area contributed by atoms with Gasteiger partial charge in [-0.2, -0.15) is 0 Å². The quantitative estimate of drug-likeness (QED) is 0.274. The lowest BCUT2D eigenvalue weighted by Crippen LogP contribution is -2.45. The molecule has 0 N–H and O–H groups in total. The fraction of sp³-hybridized carbons (Fsp3) is 0.486. The summed E-state index contributed by atoms with van der Waals surface area (Å²) >= 11 is 3.70. The number of nitrogens with zero attached hydrogens (tertiary/aromatic N) is 1. The van der Waals surface area contributed by atoms with Crippen molar-refractivity contribution in [3.8, 4) is 11.5 Å². The van der Waals surface area contributed by atoms with Gasteiger partial charge in [0.1, 0.15) is 12.4 Å². The summed E-state index contributed by atoms with van der Waals surface area (Å²) in [7, 11) is 1.67. The first-order valence-electron chi connectivity index (χ1n) is 15.0. The summed E-state index contributed by atoms with van der Waals surface area (Å²) in [4.78, 5) is 30.3. The topological polar surface area (TPSA) is 65.1 Å². The van der Waals surface area contributed by atoms with Crippen molar-refractivity contribution >= 4 is 27.5 Å². The monoisotopic (exact) mass is 653 g/mol. The van der Waals surface area contributed by atoms with E-state index in [0.29, 0.717) is 65.3 Å². The van der Waals surface area contributed by atoms with E-state index in [9.17, 15) is 14.0 Å². The molecule has 0 aromatic heterocycles. The molecule has 43 heavy (non-hydrogen) atoms. The Morgan fingerprint density at radius 1 is 0.930 bits per heavy atom. The molecule has 0 unspecified atom stereocenters. The van der Waals surface area contributed by atoms with Crippen molar-refractivity contribution in [2.45, 2.75) is 72.8 Å². The van der Waals surface area contributed by atoms with E-state index >= 15 is 0 Å². The Hall–Kier alpha value is -2.97. The van der Waals surface area contributed by atoms with Gasteiger partial charge < -0.3 is 19.1 Å². The molecule has 2 aromatic carbocycles. The summed E-state index contributed by atoms with van der Waals surface area (Å²) in [5, 5.41) is 0. The van der Waals surface area contributed by atoms with Crippen molar-refractivity contribution in [1.82, 2.24) is 4.90 Å². The zero-order valence-corrected chi connectivity index (χ0v) is 27.5. The second-order valence-electron chi connectivity index (χ2n) is 13.4. The normalized spacial score (nSPS) is 19.9. The average molecular weight is 655 g/mol. The number of hydrogen-bond donors (Lipinski definition) is 0. The molecule has 0 atom stereocenters. The van der Waals surface area contributed by atoms with Crippen LogP contribution in [0.3, 0.4) is 0 Å². The molecule has 3 aliphatic rings. The van der Waals surface area contributed by atoms with Gasteiger partial charge in [0.2, 0.25) is 0 Å². The van der Waals surface area contributed by atoms with Crippen LogP contribution in [0.1, 0.15) is 77.3 Å². The Kier molecular flexibility index (Phi) is 8.92. The van der Waals surface area contributed by atoms with Crippen molar-refractivity contribution in [2.24, 2.45) is 10.8 Å². The van der Waals surface area contributed by atoms with Crippen LogP contribution in [0.4, 0.5) is 4.39 Å². The van der Waals surface area contributed by atoms with Crippen molar-refractivity contribution in [2.75, 3.05) is 26.9 Å². The van der Waals surface area contributed by atoms with Crippen LogP contribution >= 0.6 is 15.9 Å². The molecule has 1 heterocycles. The molecule has 5 rings (SSSR count). The van der Waals surface area contributed by atoms with Gasteiger partial charge in [-0.3, -0.25) is 9.59 Å². The number of carbonyl (C=O) groups excluding carboxylic acids is 2. The Bertz CT molecular complexity index is 1450. The molecule has 0 radical (unpaired) electrons. The van der Waals surface area contributed by atoms with Crippen LogP contribution in [-0.2, 0) is 20.9 Å². The number of methoxy groups -OCH3 is 1. The number of carbonyl (C=O) groups is 2. The van der Waals surface area contributed by atoms with E-state index in [1.807, 2.05) is 19.1 Å². The molecule has 230 valence electrons. The van der Waals surface area contributed by atoms with Crippen molar-refractivity contribution < 1.29 is 28.2 Å². The standard InChI is InChI=1S/C35H41BrFNO5/c1-7-42-29-15-22(14-24(36)33(29)43-20-21-9-8-10-23(37)13-21)30-31-25(16-34(2,3)18-27(31)39)38(11-12-41-6)26-17-35(4,5)19-28(40)32(26)30/h8-10,13-15,30H,7,11-12,16-20H2,1-6H3. The largest absolute Gasteiger partial charge is 0.490 e. The maximum atomic E-state index is 14.1. The predicted molar refractivity (Wildman–Crippen MR) is 167 cm³/mol. The van der Waals surface area contributed by atoms with Gasteiger partial charge in [0.25, 0.3) is 0 Å². The molecule has 2 aromatic rings. The number of hydrogen-bond acceptors (Lipinski definition) is 6. The number of benzene rings is 2. The van der Waals surface area contributed by atoms with E-state index in [4.69, 9.17) is 14.2 Å². The minimum absolute atomic E-state index is 0.0726. The first-order valence-corrected chi connectivity index (χ1v) is 15.8. The van der Waals surface area contributed by atoms with E-state index in [2.05, 4.69) is 48.5 Å². The number of ketones is 2. The highest BCUT2D eigenvalue weighted by molar-refractivity contribution is 9.10. The van der Waals surface area contributed by atoms with E-state index in [1.165, 1.54) is 12.1 Å². The lowest BCUT2D eigenvalue weighted by molar-refractivity contribution is -0.119. The van der Waals surface area contributed by atoms with Crippen LogP contribution in [0.25, 0.3) is 0 Å². The Morgan fingerprint density at radius 2 is 1.56 bits per heavy atom. The first-order chi connectivity index (χ1) is 20.3. The molecule has 1 aliphatic heterocycles. The lowest BCUT2D eigenvalue weighted by Gasteiger charge is -2.49. The van der Waals surface area contributed by atoms with Crippen molar-refractivity contribution in [3.63, 3.8) is 0 Å². The second-order valence-corrected chi connectivity index (χ2v) is 14.2. The molecule has 8 heteroatoms. The summed E-state index contributed by atoms with van der Waals surface area (Å²) in [5.41, 5.74) is 4.47. The number of ether oxygens (including phenoxy) is 3. The van der Waals surface area contributed by atoms with E-state index in [1.54, 1.807) is 19.2 Å². The SMILES string of the molecule is CCOc1cc(C2C3=C(CC(C)(C)CC3=O)N(CCOC)C3=C2C(=O)CC(C)(C)C3)cc(Br)c1OCc1cccc(F)c1. The van der Waals surface area contributed by atoms with Crippen molar-refractivity contribution in [1.29, 1.82) is 0 Å². The summed E-state index contributed by atoms with van der Waals surface area (Å²) in [6, 6.07) is 10.1. The fourth-order valence-corrected chi connectivity index (χ4v) is 7.35. The zero-order valence-electron chi connectivity index (χ0n) is 25.9. The number of allylic oxidation sites excluding steroid dienone is 4. The van der Waals surface area contributed by atoms with Crippen LogP contribution in [0.5, 0.6) is 11.5 Å². The van der Waals surface area contributed by atoms with Gasteiger partial charge in [-0.15, -0.1) is 0 Å². The van der Waals surface area contributed by atoms with Crippen LogP contribution in [-0.4, -0.2) is 43.3 Å². The molecule has 0 spiro atoms. The smallest absolute Gasteiger partial charge is 0.175 e. The van der Waals surface area contributed by atoms with Crippen LogP contribution in [0, 0.1) is 16.6 Å². The van der Waals surface area contributed by atoms with Gasteiger partial charge in [0.05, 0.1) is 17.7 Å². The molecular formula is C35H41BrFNO5. The molecule has 2 aliphatic carbocycles. The Labute approximate surface area is 262 Å². The number of halogens is 2.